The van der Waals surface area contributed by atoms with E-state index in [1.807, 2.05) is 18.2 Å². The summed E-state index contributed by atoms with van der Waals surface area (Å²) in [6.45, 7) is 2.82. The minimum absolute atomic E-state index is 0.347. The molecule has 1 aromatic heterocycles. The van der Waals surface area contributed by atoms with Gasteiger partial charge in [0.1, 0.15) is 0 Å². The first-order valence-corrected chi connectivity index (χ1v) is 5.74. The third-order valence-corrected chi connectivity index (χ3v) is 1.09. The van der Waals surface area contributed by atoms with E-state index in [1.54, 1.807) is 6.20 Å². The molecule has 0 unspecified atom stereocenters. The standard InChI is InChI=1S/C8H11NO.CHO2.Zn/c1-2-7-10-8-5-3-4-6-9-8;2-1-3;/h3-6H,2,7H2,1H3;(H,2,3);. The Labute approximate surface area is 93.0 Å². The van der Waals surface area contributed by atoms with Gasteiger partial charge in [-0.2, -0.15) is 0 Å². The van der Waals surface area contributed by atoms with Crippen molar-refractivity contribution >= 4 is 4.56 Å². The third-order valence-electron chi connectivity index (χ3n) is 1.09. The SMILES string of the molecule is CCCOc1ccccn1.O=[C](O)[Zn]. The van der Waals surface area contributed by atoms with Gasteiger partial charge < -0.3 is 4.74 Å². The average Bonchev–Trinajstić information content (AvgIpc) is 2.15. The van der Waals surface area contributed by atoms with Crippen molar-refractivity contribution in [2.24, 2.45) is 0 Å². The molecule has 1 heterocycles. The molecule has 73 valence electrons. The fourth-order valence-corrected chi connectivity index (χ4v) is 0.639. The van der Waals surface area contributed by atoms with Crippen molar-refractivity contribution in [1.82, 2.24) is 4.98 Å². The minimum atomic E-state index is -0.708. The van der Waals surface area contributed by atoms with Crippen LogP contribution in [0.15, 0.2) is 24.4 Å². The van der Waals surface area contributed by atoms with Crippen LogP contribution in [0.25, 0.3) is 0 Å². The third kappa shape index (κ3) is 9.13. The molecule has 0 aliphatic heterocycles. The van der Waals surface area contributed by atoms with Crippen LogP contribution < -0.4 is 4.74 Å². The van der Waals surface area contributed by atoms with Gasteiger partial charge in [0.15, 0.2) is 0 Å². The van der Waals surface area contributed by atoms with Crippen molar-refractivity contribution in [3.8, 4) is 5.88 Å². The second kappa shape index (κ2) is 8.63. The van der Waals surface area contributed by atoms with Gasteiger partial charge in [0.25, 0.3) is 0 Å². The number of aromatic nitrogens is 1. The molecule has 0 amide bonds. The van der Waals surface area contributed by atoms with Gasteiger partial charge in [-0.25, -0.2) is 4.98 Å². The predicted molar refractivity (Wildman–Crippen MR) is 48.0 cm³/mol. The van der Waals surface area contributed by atoms with Crippen molar-refractivity contribution in [2.75, 3.05) is 6.61 Å². The summed E-state index contributed by atoms with van der Waals surface area (Å²) in [5.74, 6) is 0.712. The van der Waals surface area contributed by atoms with Gasteiger partial charge in [-0.3, -0.25) is 0 Å². The zero-order valence-corrected chi connectivity index (χ0v) is 11.1. The molecule has 0 fully saturated rings. The van der Waals surface area contributed by atoms with Crippen molar-refractivity contribution in [2.45, 2.75) is 13.3 Å². The van der Waals surface area contributed by atoms with E-state index < -0.39 is 4.56 Å². The molecule has 14 heavy (non-hydrogen) atoms. The van der Waals surface area contributed by atoms with Gasteiger partial charge in [-0.05, 0) is 12.5 Å². The fraction of sp³-hybridized carbons (Fsp3) is 0.333. The monoisotopic (exact) mass is 246 g/mol. The van der Waals surface area contributed by atoms with Crippen molar-refractivity contribution in [3.05, 3.63) is 24.4 Å². The molecule has 1 aromatic rings. The van der Waals surface area contributed by atoms with Crippen LogP contribution in [0.5, 0.6) is 5.88 Å². The summed E-state index contributed by atoms with van der Waals surface area (Å²) in [7, 11) is 0. The normalized spacial score (nSPS) is 8.50. The summed E-state index contributed by atoms with van der Waals surface area (Å²) in [4.78, 5) is 13.0. The van der Waals surface area contributed by atoms with Gasteiger partial charge >= 0.3 is 32.8 Å². The quantitative estimate of drug-likeness (QED) is 0.831. The molecule has 0 atom stereocenters. The van der Waals surface area contributed by atoms with Crippen LogP contribution >= 0.6 is 0 Å². The van der Waals surface area contributed by atoms with E-state index in [0.29, 0.717) is 24.2 Å². The topological polar surface area (TPSA) is 59.4 Å². The average molecular weight is 248 g/mol. The fourth-order valence-electron chi connectivity index (χ4n) is 0.639. The second-order valence-electron chi connectivity index (χ2n) is 2.41. The number of pyridine rings is 1. The molecule has 0 bridgehead atoms. The molecule has 0 aliphatic rings. The summed E-state index contributed by atoms with van der Waals surface area (Å²) in [5, 5.41) is 7.47. The van der Waals surface area contributed by atoms with Gasteiger partial charge in [0.2, 0.25) is 5.88 Å². The van der Waals surface area contributed by atoms with Crippen LogP contribution in [0.1, 0.15) is 13.3 Å². The molecule has 0 radical (unpaired) electrons. The molecule has 4 nitrogen and oxygen atoms in total. The number of carbonyl (C=O) groups is 1. The number of hydrogen-bond donors (Lipinski definition) is 1. The summed E-state index contributed by atoms with van der Waals surface area (Å²) >= 11 is 0.347. The van der Waals surface area contributed by atoms with Crippen molar-refractivity contribution < 1.29 is 32.9 Å². The van der Waals surface area contributed by atoms with Gasteiger partial charge in [-0.1, -0.05) is 13.0 Å². The Morgan fingerprint density at radius 3 is 2.71 bits per heavy atom. The van der Waals surface area contributed by atoms with Crippen LogP contribution in [0.3, 0.4) is 0 Å². The van der Waals surface area contributed by atoms with Crippen molar-refractivity contribution in [1.29, 1.82) is 0 Å². The van der Waals surface area contributed by atoms with Crippen LogP contribution in [0.2, 0.25) is 0 Å². The molecule has 0 aliphatic carbocycles. The molecule has 0 saturated heterocycles. The molecule has 0 spiro atoms. The number of ether oxygens (including phenoxy) is 1. The van der Waals surface area contributed by atoms with E-state index in [9.17, 15) is 0 Å². The molecule has 1 rings (SSSR count). The number of rotatable bonds is 3. The van der Waals surface area contributed by atoms with Gasteiger partial charge in [-0.15, -0.1) is 0 Å². The van der Waals surface area contributed by atoms with Crippen LogP contribution in [0.4, 0.5) is 4.79 Å². The Morgan fingerprint density at radius 2 is 2.29 bits per heavy atom. The maximum atomic E-state index is 9.06. The zero-order chi connectivity index (χ0) is 10.8. The molecule has 0 saturated carbocycles. The van der Waals surface area contributed by atoms with Gasteiger partial charge in [0.05, 0.1) is 6.61 Å². The Morgan fingerprint density at radius 1 is 1.64 bits per heavy atom. The number of hydrogen-bond acceptors (Lipinski definition) is 3. The zero-order valence-electron chi connectivity index (χ0n) is 8.14. The van der Waals surface area contributed by atoms with E-state index in [2.05, 4.69) is 11.9 Å². The first kappa shape index (κ1) is 13.0. The number of carboxylic acid groups (broad SMARTS) is 1. The molecule has 1 N–H and O–H groups in total. The Balaban J connectivity index is 0.000000364. The summed E-state index contributed by atoms with van der Waals surface area (Å²) in [6, 6.07) is 5.65. The number of nitrogens with zero attached hydrogens (tertiary/aromatic N) is 1. The molecule has 0 aromatic carbocycles. The summed E-state index contributed by atoms with van der Waals surface area (Å²) < 4.78 is 4.54. The second-order valence-corrected chi connectivity index (χ2v) is 3.68. The maximum absolute atomic E-state index is 9.06. The van der Waals surface area contributed by atoms with Crippen LogP contribution in [-0.4, -0.2) is 21.3 Å². The molecular weight excluding hydrogens is 235 g/mol. The van der Waals surface area contributed by atoms with Crippen molar-refractivity contribution in [3.63, 3.8) is 0 Å². The first-order valence-electron chi connectivity index (χ1n) is 4.25. The van der Waals surface area contributed by atoms with E-state index in [4.69, 9.17) is 14.6 Å². The first-order chi connectivity index (χ1) is 6.66. The van der Waals surface area contributed by atoms with E-state index >= 15 is 0 Å². The Bertz CT molecular complexity index is 249. The van der Waals surface area contributed by atoms with Gasteiger partial charge in [0, 0.05) is 12.3 Å². The summed E-state index contributed by atoms with van der Waals surface area (Å²) in [5.41, 5.74) is 0. The van der Waals surface area contributed by atoms with E-state index in [0.717, 1.165) is 13.0 Å². The Kier molecular flexibility index (Phi) is 8.04. The summed E-state index contributed by atoms with van der Waals surface area (Å²) in [6.07, 6.45) is 2.75. The Hall–Kier alpha value is -0.957. The van der Waals surface area contributed by atoms with E-state index in [-0.39, 0.29) is 0 Å². The molecule has 5 heteroatoms. The predicted octanol–water partition coefficient (Wildman–Crippen LogP) is 2.08. The molecular formula is C9H12NO3Zn. The van der Waals surface area contributed by atoms with Crippen LogP contribution in [0, 0.1) is 0 Å². The van der Waals surface area contributed by atoms with E-state index in [1.165, 1.54) is 0 Å². The van der Waals surface area contributed by atoms with Crippen LogP contribution in [-0.2, 0) is 18.3 Å².